The Morgan fingerprint density at radius 1 is 2.00 bits per heavy atom. The van der Waals surface area contributed by atoms with E-state index in [9.17, 15) is 0 Å². The molecule has 0 fully saturated rings. The van der Waals surface area contributed by atoms with Gasteiger partial charge in [0.25, 0.3) is 5.19 Å². The molecule has 1 aromatic heterocycles. The van der Waals surface area contributed by atoms with Gasteiger partial charge in [0.2, 0.25) is 0 Å². The average molecular weight is 144 g/mol. The summed E-state index contributed by atoms with van der Waals surface area (Å²) in [5, 5.41) is 3.30. The van der Waals surface area contributed by atoms with Crippen LogP contribution in [0.3, 0.4) is 0 Å². The van der Waals surface area contributed by atoms with Crippen LogP contribution in [-0.2, 0) is 0 Å². The van der Waals surface area contributed by atoms with Crippen LogP contribution in [0.15, 0.2) is 6.20 Å². The van der Waals surface area contributed by atoms with Crippen LogP contribution in [0.2, 0.25) is 0 Å². The number of hydrogen-bond donors (Lipinski definition) is 0. The third kappa shape index (κ3) is 1.24. The summed E-state index contributed by atoms with van der Waals surface area (Å²) in [6.07, 6.45) is 1.54. The van der Waals surface area contributed by atoms with E-state index in [-0.39, 0.29) is 0 Å². The summed E-state index contributed by atoms with van der Waals surface area (Å²) in [6.45, 7) is 0. The fraction of sp³-hybridized carbons (Fsp3) is 0. The van der Waals surface area contributed by atoms with Crippen molar-refractivity contribution in [1.29, 1.82) is 0 Å². The predicted molar refractivity (Wildman–Crippen MR) is 35.2 cm³/mol. The van der Waals surface area contributed by atoms with Crippen molar-refractivity contribution in [3.05, 3.63) is 11.6 Å². The van der Waals surface area contributed by atoms with Gasteiger partial charge in [-0.3, -0.25) is 0 Å². The lowest BCUT2D eigenvalue weighted by molar-refractivity contribution is 0.580. The number of aromatic nitrogens is 1. The lowest BCUT2D eigenvalue weighted by atomic mass is 11.0. The molecule has 2 nitrogen and oxygen atoms in total. The van der Waals surface area contributed by atoms with E-state index in [0.29, 0.717) is 5.19 Å². The molecular formula is C4H2NOS2. The highest BCUT2D eigenvalue weighted by molar-refractivity contribution is 7.78. The number of thiazole rings is 1. The summed E-state index contributed by atoms with van der Waals surface area (Å²) in [7, 11) is 0. The minimum atomic E-state index is 0.542. The van der Waals surface area contributed by atoms with Gasteiger partial charge in [-0.1, -0.05) is 11.3 Å². The second-order valence-corrected chi connectivity index (χ2v) is 1.94. The Hall–Kier alpha value is -0.480. The normalized spacial score (nSPS) is 8.50. The van der Waals surface area contributed by atoms with Gasteiger partial charge in [0, 0.05) is 0 Å². The molecule has 0 bridgehead atoms. The fourth-order valence-electron chi connectivity index (χ4n) is 0.278. The van der Waals surface area contributed by atoms with E-state index in [2.05, 4.69) is 22.6 Å². The van der Waals surface area contributed by atoms with Gasteiger partial charge in [0.15, 0.2) is 5.55 Å². The molecule has 0 saturated carbocycles. The molecular weight excluding hydrogens is 142 g/mol. The van der Waals surface area contributed by atoms with E-state index in [4.69, 9.17) is 4.74 Å². The zero-order chi connectivity index (χ0) is 5.82. The highest BCUT2D eigenvalue weighted by Gasteiger charge is 1.88. The Labute approximate surface area is 56.1 Å². The summed E-state index contributed by atoms with van der Waals surface area (Å²) in [5.41, 5.74) is 1.17. The Morgan fingerprint density at radius 2 is 2.88 bits per heavy atom. The summed E-state index contributed by atoms with van der Waals surface area (Å²) in [6, 6.07) is 0. The highest BCUT2D eigenvalue weighted by Crippen LogP contribution is 2.10. The van der Waals surface area contributed by atoms with Gasteiger partial charge in [-0.15, -0.1) is 0 Å². The van der Waals surface area contributed by atoms with Crippen LogP contribution in [0.5, 0.6) is 5.19 Å². The second kappa shape index (κ2) is 2.74. The standard InChI is InChI=1S/C4H2NOS2/c7-3-6-4-5-1-2-8-4/h1,3H. The molecule has 8 heavy (non-hydrogen) atoms. The molecule has 0 aliphatic heterocycles. The first-order chi connectivity index (χ1) is 3.93. The monoisotopic (exact) mass is 144 g/mol. The molecule has 0 unspecified atom stereocenters. The molecule has 4 heteroatoms. The van der Waals surface area contributed by atoms with Crippen LogP contribution in [0.4, 0.5) is 0 Å². The molecule has 1 radical (unpaired) electrons. The molecule has 1 heterocycles. The van der Waals surface area contributed by atoms with Crippen molar-refractivity contribution in [1.82, 2.24) is 4.98 Å². The topological polar surface area (TPSA) is 22.1 Å². The Kier molecular flexibility index (Phi) is 1.93. The maximum Gasteiger partial charge on any atom is 0.279 e. The molecule has 0 spiro atoms. The number of ether oxygens (including phenoxy) is 1. The molecule has 0 saturated heterocycles. The zero-order valence-corrected chi connectivity index (χ0v) is 5.46. The van der Waals surface area contributed by atoms with Crippen molar-refractivity contribution in [2.45, 2.75) is 0 Å². The molecule has 1 rings (SSSR count). The first kappa shape index (κ1) is 5.65. The quantitative estimate of drug-likeness (QED) is 0.584. The first-order valence-electron chi connectivity index (χ1n) is 1.85. The van der Waals surface area contributed by atoms with E-state index in [1.807, 2.05) is 0 Å². The molecule has 41 valence electrons. The predicted octanol–water partition coefficient (Wildman–Crippen LogP) is 1.28. The molecule has 0 aromatic carbocycles. The number of thiocarbonyl (C=S) groups is 1. The van der Waals surface area contributed by atoms with E-state index in [1.165, 1.54) is 16.9 Å². The molecule has 0 N–H and O–H groups in total. The Balaban J connectivity index is 2.62. The maximum absolute atomic E-state index is 4.71. The van der Waals surface area contributed by atoms with Crippen molar-refractivity contribution in [2.75, 3.05) is 0 Å². The number of hydrogen-bond acceptors (Lipinski definition) is 4. The second-order valence-electron chi connectivity index (χ2n) is 0.958. The van der Waals surface area contributed by atoms with Gasteiger partial charge in [-0.2, -0.15) is 0 Å². The van der Waals surface area contributed by atoms with Gasteiger partial charge in [-0.25, -0.2) is 4.98 Å². The third-order valence-electron chi connectivity index (χ3n) is 0.518. The van der Waals surface area contributed by atoms with Gasteiger partial charge in [-0.05, 0) is 12.2 Å². The Bertz CT molecular complexity index is 161. The maximum atomic E-state index is 4.71. The van der Waals surface area contributed by atoms with Gasteiger partial charge < -0.3 is 4.74 Å². The fourth-order valence-corrected chi connectivity index (χ4v) is 0.838. The van der Waals surface area contributed by atoms with Crippen molar-refractivity contribution >= 4 is 29.1 Å². The van der Waals surface area contributed by atoms with Crippen LogP contribution in [0, 0.1) is 5.38 Å². The Morgan fingerprint density at radius 3 is 3.38 bits per heavy atom. The summed E-state index contributed by atoms with van der Waals surface area (Å²) < 4.78 is 4.71. The highest BCUT2D eigenvalue weighted by atomic mass is 32.1. The van der Waals surface area contributed by atoms with Gasteiger partial charge in [0.05, 0.1) is 11.6 Å². The van der Waals surface area contributed by atoms with E-state index >= 15 is 0 Å². The van der Waals surface area contributed by atoms with E-state index in [0.717, 1.165) is 0 Å². The minimum absolute atomic E-state index is 0.542. The minimum Gasteiger partial charge on any atom is -0.427 e. The van der Waals surface area contributed by atoms with Crippen LogP contribution in [0.1, 0.15) is 0 Å². The van der Waals surface area contributed by atoms with Gasteiger partial charge >= 0.3 is 0 Å². The molecule has 0 aliphatic carbocycles. The van der Waals surface area contributed by atoms with Crippen molar-refractivity contribution < 1.29 is 4.74 Å². The first-order valence-corrected chi connectivity index (χ1v) is 3.14. The summed E-state index contributed by atoms with van der Waals surface area (Å²) >= 11 is 5.70. The number of nitrogens with zero attached hydrogens (tertiary/aromatic N) is 1. The third-order valence-corrected chi connectivity index (χ3v) is 1.21. The lowest BCUT2D eigenvalue weighted by Crippen LogP contribution is -1.82. The molecule has 0 aliphatic rings. The van der Waals surface area contributed by atoms with Crippen LogP contribution >= 0.6 is 23.6 Å². The summed E-state index contributed by atoms with van der Waals surface area (Å²) in [4.78, 5) is 3.75. The van der Waals surface area contributed by atoms with E-state index in [1.54, 1.807) is 6.20 Å². The largest absolute Gasteiger partial charge is 0.427 e. The average Bonchev–Trinajstić information content (AvgIpc) is 2.19. The van der Waals surface area contributed by atoms with Crippen molar-refractivity contribution in [2.24, 2.45) is 0 Å². The van der Waals surface area contributed by atoms with Crippen molar-refractivity contribution in [3.63, 3.8) is 0 Å². The van der Waals surface area contributed by atoms with Crippen LogP contribution in [0.25, 0.3) is 0 Å². The van der Waals surface area contributed by atoms with Crippen LogP contribution < -0.4 is 4.74 Å². The smallest absolute Gasteiger partial charge is 0.279 e. The van der Waals surface area contributed by atoms with Crippen LogP contribution in [-0.4, -0.2) is 10.5 Å². The molecule has 0 amide bonds. The van der Waals surface area contributed by atoms with E-state index < -0.39 is 0 Å². The van der Waals surface area contributed by atoms with Crippen molar-refractivity contribution in [3.8, 4) is 5.19 Å². The lowest BCUT2D eigenvalue weighted by Gasteiger charge is -1.84. The molecule has 0 atom stereocenters. The van der Waals surface area contributed by atoms with Gasteiger partial charge in [0.1, 0.15) is 0 Å². The number of rotatable bonds is 2. The zero-order valence-electron chi connectivity index (χ0n) is 3.83. The summed E-state index contributed by atoms with van der Waals surface area (Å²) in [5.74, 6) is 0. The molecule has 1 aromatic rings. The SMILES string of the molecule is S=COc1nc[c]s1.